The molecule has 5 nitrogen and oxygen atoms in total. The summed E-state index contributed by atoms with van der Waals surface area (Å²) in [5.74, 6) is 2.23. The molecule has 2 aromatic carbocycles. The van der Waals surface area contributed by atoms with Gasteiger partial charge in [0.05, 0.1) is 6.61 Å². The average Bonchev–Trinajstić information content (AvgIpc) is 2.59. The van der Waals surface area contributed by atoms with Crippen LogP contribution in [0.2, 0.25) is 0 Å². The van der Waals surface area contributed by atoms with E-state index in [9.17, 15) is 4.79 Å². The molecule has 2 aromatic rings. The lowest BCUT2D eigenvalue weighted by Crippen LogP contribution is -2.11. The summed E-state index contributed by atoms with van der Waals surface area (Å²) in [5.41, 5.74) is 0.747. The van der Waals surface area contributed by atoms with Crippen LogP contribution in [0.4, 0.5) is 5.69 Å². The predicted molar refractivity (Wildman–Crippen MR) is 93.9 cm³/mol. The van der Waals surface area contributed by atoms with Gasteiger partial charge in [0.2, 0.25) is 5.91 Å². The fraction of sp³-hybridized carbons (Fsp3) is 0.316. The Morgan fingerprint density at radius 3 is 2.12 bits per heavy atom. The third kappa shape index (κ3) is 5.93. The lowest BCUT2D eigenvalue weighted by Gasteiger charge is -2.09. The molecule has 0 saturated carbocycles. The Morgan fingerprint density at radius 2 is 1.54 bits per heavy atom. The highest BCUT2D eigenvalue weighted by Gasteiger charge is 2.03. The molecule has 1 N–H and O–H groups in total. The first-order valence-electron chi connectivity index (χ1n) is 8.01. The van der Waals surface area contributed by atoms with Crippen LogP contribution in [-0.2, 0) is 9.53 Å². The molecule has 0 aliphatic rings. The molecule has 128 valence electrons. The van der Waals surface area contributed by atoms with Crippen LogP contribution in [-0.4, -0.2) is 26.2 Å². The molecule has 0 saturated heterocycles. The molecule has 24 heavy (non-hydrogen) atoms. The highest BCUT2D eigenvalue weighted by Crippen LogP contribution is 2.25. The van der Waals surface area contributed by atoms with E-state index in [4.69, 9.17) is 14.2 Å². The van der Waals surface area contributed by atoms with E-state index in [1.165, 1.54) is 0 Å². The quantitative estimate of drug-likeness (QED) is 0.699. The summed E-state index contributed by atoms with van der Waals surface area (Å²) >= 11 is 0. The van der Waals surface area contributed by atoms with E-state index in [1.807, 2.05) is 55.5 Å². The zero-order valence-corrected chi connectivity index (χ0v) is 14.1. The molecular formula is C19H23NO4. The molecule has 0 aliphatic carbocycles. The van der Waals surface area contributed by atoms with Crippen molar-refractivity contribution in [2.45, 2.75) is 19.8 Å². The van der Waals surface area contributed by atoms with Gasteiger partial charge in [-0.3, -0.25) is 4.79 Å². The smallest absolute Gasteiger partial charge is 0.224 e. The topological polar surface area (TPSA) is 56.8 Å². The number of carbonyl (C=O) groups is 1. The van der Waals surface area contributed by atoms with Crippen molar-refractivity contribution < 1.29 is 19.0 Å². The second kappa shape index (κ2) is 9.57. The standard InChI is InChI=1S/C19H23NO4/c1-3-23-16-10-12-18(13-11-16)24-17-8-6-15(7-9-17)20-19(21)5-4-14-22-2/h6-13H,3-5,14H2,1-2H3,(H,20,21). The molecule has 0 bridgehead atoms. The normalized spacial score (nSPS) is 10.2. The van der Waals surface area contributed by atoms with Gasteiger partial charge in [0, 0.05) is 25.8 Å². The van der Waals surface area contributed by atoms with Crippen molar-refractivity contribution in [1.29, 1.82) is 0 Å². The molecule has 5 heteroatoms. The molecule has 0 fully saturated rings. The van der Waals surface area contributed by atoms with Crippen molar-refractivity contribution >= 4 is 11.6 Å². The van der Waals surface area contributed by atoms with E-state index in [1.54, 1.807) is 7.11 Å². The number of carbonyl (C=O) groups excluding carboxylic acids is 1. The van der Waals surface area contributed by atoms with Crippen molar-refractivity contribution in [3.8, 4) is 17.2 Å². The fourth-order valence-corrected chi connectivity index (χ4v) is 2.11. The number of benzene rings is 2. The molecule has 0 aliphatic heterocycles. The second-order valence-electron chi connectivity index (χ2n) is 5.18. The predicted octanol–water partition coefficient (Wildman–Crippen LogP) is 4.24. The van der Waals surface area contributed by atoms with Crippen LogP contribution in [0.3, 0.4) is 0 Å². The van der Waals surface area contributed by atoms with E-state index in [-0.39, 0.29) is 5.91 Å². The van der Waals surface area contributed by atoms with Crippen LogP contribution in [0, 0.1) is 0 Å². The lowest BCUT2D eigenvalue weighted by atomic mass is 10.2. The van der Waals surface area contributed by atoms with Crippen molar-refractivity contribution in [3.63, 3.8) is 0 Å². The summed E-state index contributed by atoms with van der Waals surface area (Å²) in [5, 5.41) is 2.85. The number of methoxy groups -OCH3 is 1. The molecular weight excluding hydrogens is 306 g/mol. The van der Waals surface area contributed by atoms with E-state index in [2.05, 4.69) is 5.32 Å². The molecule has 0 spiro atoms. The van der Waals surface area contributed by atoms with Gasteiger partial charge in [-0.25, -0.2) is 0 Å². The second-order valence-corrected chi connectivity index (χ2v) is 5.18. The summed E-state index contributed by atoms with van der Waals surface area (Å²) in [7, 11) is 1.63. The number of rotatable bonds is 9. The number of anilines is 1. The van der Waals surface area contributed by atoms with Gasteiger partial charge in [0.25, 0.3) is 0 Å². The molecule has 0 radical (unpaired) electrons. The molecule has 0 unspecified atom stereocenters. The lowest BCUT2D eigenvalue weighted by molar-refractivity contribution is -0.116. The number of hydrogen-bond donors (Lipinski definition) is 1. The van der Waals surface area contributed by atoms with Crippen LogP contribution >= 0.6 is 0 Å². The van der Waals surface area contributed by atoms with Gasteiger partial charge in [0.1, 0.15) is 17.2 Å². The average molecular weight is 329 g/mol. The Morgan fingerprint density at radius 1 is 0.958 bits per heavy atom. The highest BCUT2D eigenvalue weighted by atomic mass is 16.5. The number of ether oxygens (including phenoxy) is 3. The summed E-state index contributed by atoms with van der Waals surface area (Å²) in [6, 6.07) is 14.7. The van der Waals surface area contributed by atoms with Gasteiger partial charge >= 0.3 is 0 Å². The fourth-order valence-electron chi connectivity index (χ4n) is 2.11. The van der Waals surface area contributed by atoms with Crippen LogP contribution in [0.5, 0.6) is 17.2 Å². The minimum atomic E-state index is -0.0211. The first-order chi connectivity index (χ1) is 11.7. The SMILES string of the molecule is CCOc1ccc(Oc2ccc(NC(=O)CCCOC)cc2)cc1. The largest absolute Gasteiger partial charge is 0.494 e. The highest BCUT2D eigenvalue weighted by molar-refractivity contribution is 5.90. The van der Waals surface area contributed by atoms with E-state index >= 15 is 0 Å². The van der Waals surface area contributed by atoms with Gasteiger partial charge < -0.3 is 19.5 Å². The Balaban J connectivity index is 1.86. The van der Waals surface area contributed by atoms with Gasteiger partial charge in [0.15, 0.2) is 0 Å². The minimum absolute atomic E-state index is 0.0211. The monoisotopic (exact) mass is 329 g/mol. The molecule has 0 atom stereocenters. The van der Waals surface area contributed by atoms with Crippen molar-refractivity contribution in [3.05, 3.63) is 48.5 Å². The molecule has 2 rings (SSSR count). The van der Waals surface area contributed by atoms with Gasteiger partial charge in [-0.15, -0.1) is 0 Å². The maximum absolute atomic E-state index is 11.7. The zero-order valence-electron chi connectivity index (χ0n) is 14.1. The van der Waals surface area contributed by atoms with Crippen LogP contribution in [0.25, 0.3) is 0 Å². The Bertz CT molecular complexity index is 623. The molecule has 1 amide bonds. The first-order valence-corrected chi connectivity index (χ1v) is 8.01. The Labute approximate surface area is 142 Å². The van der Waals surface area contributed by atoms with Gasteiger partial charge in [-0.05, 0) is 61.9 Å². The van der Waals surface area contributed by atoms with E-state index < -0.39 is 0 Å². The summed E-state index contributed by atoms with van der Waals surface area (Å²) < 4.78 is 16.1. The summed E-state index contributed by atoms with van der Waals surface area (Å²) in [6.07, 6.45) is 1.15. The van der Waals surface area contributed by atoms with Crippen molar-refractivity contribution in [2.24, 2.45) is 0 Å². The third-order valence-corrected chi connectivity index (χ3v) is 3.26. The van der Waals surface area contributed by atoms with Crippen molar-refractivity contribution in [1.82, 2.24) is 0 Å². The Kier molecular flexibility index (Phi) is 7.11. The molecule has 0 heterocycles. The maximum atomic E-state index is 11.7. The zero-order chi connectivity index (χ0) is 17.2. The summed E-state index contributed by atoms with van der Waals surface area (Å²) in [6.45, 7) is 3.17. The summed E-state index contributed by atoms with van der Waals surface area (Å²) in [4.78, 5) is 11.7. The van der Waals surface area contributed by atoms with Crippen LogP contribution in [0.1, 0.15) is 19.8 Å². The van der Waals surface area contributed by atoms with E-state index in [0.29, 0.717) is 31.8 Å². The van der Waals surface area contributed by atoms with Crippen molar-refractivity contribution in [2.75, 3.05) is 25.6 Å². The number of nitrogens with one attached hydrogen (secondary N) is 1. The number of hydrogen-bond acceptors (Lipinski definition) is 4. The first kappa shape index (κ1) is 17.8. The van der Waals surface area contributed by atoms with Gasteiger partial charge in [-0.1, -0.05) is 0 Å². The third-order valence-electron chi connectivity index (χ3n) is 3.26. The van der Waals surface area contributed by atoms with Crippen LogP contribution in [0.15, 0.2) is 48.5 Å². The van der Waals surface area contributed by atoms with Gasteiger partial charge in [-0.2, -0.15) is 0 Å². The maximum Gasteiger partial charge on any atom is 0.224 e. The van der Waals surface area contributed by atoms with Crippen LogP contribution < -0.4 is 14.8 Å². The van der Waals surface area contributed by atoms with E-state index in [0.717, 1.165) is 17.2 Å². The molecule has 0 aromatic heterocycles. The Hall–Kier alpha value is -2.53. The number of amides is 1. The minimum Gasteiger partial charge on any atom is -0.494 e.